The number of amides is 3. The second kappa shape index (κ2) is 5.44. The first-order valence-corrected chi connectivity index (χ1v) is 8.21. The molecule has 1 aromatic carbocycles. The van der Waals surface area contributed by atoms with Crippen molar-refractivity contribution in [2.75, 3.05) is 0 Å². The van der Waals surface area contributed by atoms with Crippen molar-refractivity contribution in [2.24, 2.45) is 5.92 Å². The second-order valence-electron chi connectivity index (χ2n) is 6.07. The van der Waals surface area contributed by atoms with E-state index in [4.69, 9.17) is 0 Å². The molecule has 0 aromatic heterocycles. The lowest BCUT2D eigenvalue weighted by molar-refractivity contribution is -0.134. The third-order valence-corrected chi connectivity index (χ3v) is 5.28. The molecule has 1 aliphatic carbocycles. The molecule has 1 N–H and O–H groups in total. The number of nitrogens with zero attached hydrogens (tertiary/aromatic N) is 1. The summed E-state index contributed by atoms with van der Waals surface area (Å²) in [6, 6.07) is 7.45. The highest BCUT2D eigenvalue weighted by atomic mass is 79.9. The third kappa shape index (κ3) is 2.48. The first kappa shape index (κ1) is 14.6. The summed E-state index contributed by atoms with van der Waals surface area (Å²) in [5.74, 6) is 0.153. The van der Waals surface area contributed by atoms with Crippen molar-refractivity contribution < 1.29 is 9.59 Å². The van der Waals surface area contributed by atoms with Crippen LogP contribution in [0.4, 0.5) is 4.79 Å². The number of hydrogen-bond donors (Lipinski definition) is 1. The van der Waals surface area contributed by atoms with Crippen LogP contribution in [-0.4, -0.2) is 22.4 Å². The van der Waals surface area contributed by atoms with Gasteiger partial charge in [0.05, 0.1) is 6.54 Å². The van der Waals surface area contributed by atoms with Crippen LogP contribution in [0.15, 0.2) is 28.7 Å². The molecule has 5 heteroatoms. The number of urea groups is 1. The maximum Gasteiger partial charge on any atom is 0.325 e. The van der Waals surface area contributed by atoms with E-state index in [1.165, 1.54) is 4.90 Å². The molecule has 1 aliphatic heterocycles. The quantitative estimate of drug-likeness (QED) is 0.830. The van der Waals surface area contributed by atoms with Crippen LogP contribution in [0, 0.1) is 5.92 Å². The summed E-state index contributed by atoms with van der Waals surface area (Å²) < 4.78 is 0.987. The van der Waals surface area contributed by atoms with E-state index in [-0.39, 0.29) is 17.9 Å². The van der Waals surface area contributed by atoms with Crippen LogP contribution < -0.4 is 5.32 Å². The van der Waals surface area contributed by atoms with Crippen molar-refractivity contribution in [2.45, 2.75) is 44.7 Å². The maximum atomic E-state index is 12.8. The van der Waals surface area contributed by atoms with Crippen molar-refractivity contribution in [1.82, 2.24) is 10.2 Å². The fraction of sp³-hybridized carbons (Fsp3) is 0.500. The van der Waals surface area contributed by atoms with Gasteiger partial charge >= 0.3 is 6.03 Å². The minimum absolute atomic E-state index is 0.0531. The maximum absolute atomic E-state index is 12.8. The van der Waals surface area contributed by atoms with Gasteiger partial charge < -0.3 is 5.32 Å². The first-order valence-electron chi connectivity index (χ1n) is 7.41. The topological polar surface area (TPSA) is 49.4 Å². The Morgan fingerprint density at radius 2 is 2.00 bits per heavy atom. The Morgan fingerprint density at radius 1 is 1.29 bits per heavy atom. The van der Waals surface area contributed by atoms with Crippen molar-refractivity contribution in [3.05, 3.63) is 34.3 Å². The van der Waals surface area contributed by atoms with Gasteiger partial charge in [0, 0.05) is 4.47 Å². The zero-order valence-corrected chi connectivity index (χ0v) is 13.6. The zero-order valence-electron chi connectivity index (χ0n) is 12.1. The standard InChI is InChI=1S/C16H19BrN2O2/c1-11-4-2-3-9-16(11)14(20)19(15(21)18-16)10-12-5-7-13(17)8-6-12/h5-8,11H,2-4,9-10H2,1H3,(H,18,21)/t11?,16-/m1/s1. The summed E-state index contributed by atoms with van der Waals surface area (Å²) in [6.07, 6.45) is 3.90. The molecule has 1 saturated heterocycles. The van der Waals surface area contributed by atoms with E-state index in [1.807, 2.05) is 24.3 Å². The van der Waals surface area contributed by atoms with Gasteiger partial charge in [0.15, 0.2) is 0 Å². The minimum atomic E-state index is -0.662. The Balaban J connectivity index is 1.82. The fourth-order valence-electron chi connectivity index (χ4n) is 3.41. The molecule has 1 spiro atoms. The summed E-state index contributed by atoms with van der Waals surface area (Å²) in [5, 5.41) is 2.98. The van der Waals surface area contributed by atoms with Crippen molar-refractivity contribution >= 4 is 27.9 Å². The van der Waals surface area contributed by atoms with E-state index >= 15 is 0 Å². The minimum Gasteiger partial charge on any atom is -0.323 e. The Bertz CT molecular complexity index is 572. The van der Waals surface area contributed by atoms with Crippen molar-refractivity contribution in [3.63, 3.8) is 0 Å². The number of nitrogens with one attached hydrogen (secondary N) is 1. The van der Waals surface area contributed by atoms with Gasteiger partial charge in [-0.2, -0.15) is 0 Å². The molecule has 2 aliphatic rings. The molecule has 3 rings (SSSR count). The van der Waals surface area contributed by atoms with Gasteiger partial charge in [-0.05, 0) is 36.5 Å². The summed E-state index contributed by atoms with van der Waals surface area (Å²) in [6.45, 7) is 2.41. The summed E-state index contributed by atoms with van der Waals surface area (Å²) in [4.78, 5) is 26.4. The first-order chi connectivity index (χ1) is 10.0. The highest BCUT2D eigenvalue weighted by Gasteiger charge is 2.54. The normalized spacial score (nSPS) is 29.0. The molecule has 3 amide bonds. The smallest absolute Gasteiger partial charge is 0.323 e. The van der Waals surface area contributed by atoms with E-state index in [9.17, 15) is 9.59 Å². The SMILES string of the molecule is CC1CCCC[C@@]12NC(=O)N(Cc1ccc(Br)cc1)C2=O. The van der Waals surface area contributed by atoms with Crippen LogP contribution in [0.25, 0.3) is 0 Å². The van der Waals surface area contributed by atoms with Crippen LogP contribution in [0.5, 0.6) is 0 Å². The number of benzene rings is 1. The van der Waals surface area contributed by atoms with E-state index in [0.29, 0.717) is 6.54 Å². The predicted molar refractivity (Wildman–Crippen MR) is 83.6 cm³/mol. The molecule has 1 saturated carbocycles. The average Bonchev–Trinajstić information content (AvgIpc) is 2.70. The van der Waals surface area contributed by atoms with Crippen molar-refractivity contribution in [1.29, 1.82) is 0 Å². The van der Waals surface area contributed by atoms with Gasteiger partial charge in [-0.3, -0.25) is 9.69 Å². The van der Waals surface area contributed by atoms with Crippen LogP contribution in [-0.2, 0) is 11.3 Å². The van der Waals surface area contributed by atoms with E-state index in [2.05, 4.69) is 28.2 Å². The molecule has 0 radical (unpaired) electrons. The number of hydrogen-bond acceptors (Lipinski definition) is 2. The number of imide groups is 1. The Labute approximate surface area is 133 Å². The summed E-state index contributed by atoms with van der Waals surface area (Å²) >= 11 is 3.39. The van der Waals surface area contributed by atoms with Gasteiger partial charge in [-0.1, -0.05) is 47.8 Å². The Hall–Kier alpha value is -1.36. The molecular weight excluding hydrogens is 332 g/mol. The van der Waals surface area contributed by atoms with Gasteiger partial charge in [0.1, 0.15) is 5.54 Å². The van der Waals surface area contributed by atoms with E-state index in [1.54, 1.807) is 0 Å². The largest absolute Gasteiger partial charge is 0.325 e. The Morgan fingerprint density at radius 3 is 2.67 bits per heavy atom. The van der Waals surface area contributed by atoms with Crippen LogP contribution >= 0.6 is 15.9 Å². The highest BCUT2D eigenvalue weighted by Crippen LogP contribution is 2.38. The molecule has 112 valence electrons. The van der Waals surface area contributed by atoms with Crippen LogP contribution in [0.2, 0.25) is 0 Å². The lowest BCUT2D eigenvalue weighted by Gasteiger charge is -2.36. The molecular formula is C16H19BrN2O2. The molecule has 21 heavy (non-hydrogen) atoms. The lowest BCUT2D eigenvalue weighted by atomic mass is 9.73. The number of rotatable bonds is 2. The van der Waals surface area contributed by atoms with Gasteiger partial charge in [-0.25, -0.2) is 4.79 Å². The van der Waals surface area contributed by atoms with Crippen LogP contribution in [0.3, 0.4) is 0 Å². The monoisotopic (exact) mass is 350 g/mol. The number of halogens is 1. The Kier molecular flexibility index (Phi) is 3.78. The summed E-state index contributed by atoms with van der Waals surface area (Å²) in [7, 11) is 0. The van der Waals surface area contributed by atoms with Gasteiger partial charge in [-0.15, -0.1) is 0 Å². The lowest BCUT2D eigenvalue weighted by Crippen LogP contribution is -2.53. The molecule has 1 heterocycles. The fourth-order valence-corrected chi connectivity index (χ4v) is 3.68. The molecule has 2 atom stereocenters. The molecule has 0 bridgehead atoms. The molecule has 1 aromatic rings. The van der Waals surface area contributed by atoms with Gasteiger partial charge in [0.2, 0.25) is 0 Å². The average molecular weight is 351 g/mol. The van der Waals surface area contributed by atoms with Crippen LogP contribution in [0.1, 0.15) is 38.2 Å². The van der Waals surface area contributed by atoms with Gasteiger partial charge in [0.25, 0.3) is 5.91 Å². The molecule has 2 fully saturated rings. The second-order valence-corrected chi connectivity index (χ2v) is 6.98. The summed E-state index contributed by atoms with van der Waals surface area (Å²) in [5.41, 5.74) is 0.298. The predicted octanol–water partition coefficient (Wildman–Crippen LogP) is 3.45. The van der Waals surface area contributed by atoms with E-state index < -0.39 is 5.54 Å². The molecule has 1 unspecified atom stereocenters. The molecule has 4 nitrogen and oxygen atoms in total. The van der Waals surface area contributed by atoms with E-state index in [0.717, 1.165) is 35.7 Å². The number of carbonyl (C=O) groups excluding carboxylic acids is 2. The highest BCUT2D eigenvalue weighted by molar-refractivity contribution is 9.10. The third-order valence-electron chi connectivity index (χ3n) is 4.76. The zero-order chi connectivity index (χ0) is 15.0. The number of carbonyl (C=O) groups is 2. The van der Waals surface area contributed by atoms with Crippen molar-refractivity contribution in [3.8, 4) is 0 Å².